The molecule has 0 spiro atoms. The molecule has 8 nitrogen and oxygen atoms in total. The molecule has 2 amide bonds. The number of amides is 2. The number of carbonyl (C=O) groups is 2. The molecule has 2 aromatic carbocycles. The molecule has 1 atom stereocenters. The maximum Gasteiger partial charge on any atom is 0.278 e. The molecule has 10 heteroatoms. The Bertz CT molecular complexity index is 1240. The monoisotopic (exact) mass is 455 g/mol. The number of thioether (sulfide) groups is 1. The Morgan fingerprint density at radius 2 is 1.88 bits per heavy atom. The van der Waals surface area contributed by atoms with Crippen LogP contribution < -0.4 is 16.2 Å². The lowest BCUT2D eigenvalue weighted by atomic mass is 10.0. The molecule has 1 aromatic heterocycles. The van der Waals surface area contributed by atoms with Crippen LogP contribution in [0.25, 0.3) is 11.3 Å². The highest BCUT2D eigenvalue weighted by atomic mass is 32.2. The fraction of sp³-hybridized carbons (Fsp3) is 0.227. The summed E-state index contributed by atoms with van der Waals surface area (Å²) in [7, 11) is 0. The Kier molecular flexibility index (Phi) is 7.04. The van der Waals surface area contributed by atoms with Gasteiger partial charge in [0.05, 0.1) is 10.9 Å². The molecule has 0 bridgehead atoms. The Morgan fingerprint density at radius 3 is 2.53 bits per heavy atom. The summed E-state index contributed by atoms with van der Waals surface area (Å²) in [6.45, 7) is 6.71. The molecule has 0 aliphatic rings. The van der Waals surface area contributed by atoms with Gasteiger partial charge in [-0.3, -0.25) is 19.4 Å². The lowest BCUT2D eigenvalue weighted by Gasteiger charge is -2.14. The van der Waals surface area contributed by atoms with Gasteiger partial charge in [0.25, 0.3) is 5.56 Å². The summed E-state index contributed by atoms with van der Waals surface area (Å²) in [6.07, 6.45) is 0. The Balaban J connectivity index is 1.82. The number of H-pyrrole nitrogens is 1. The van der Waals surface area contributed by atoms with E-state index in [1.165, 1.54) is 25.1 Å². The Morgan fingerprint density at radius 1 is 1.12 bits per heavy atom. The first-order chi connectivity index (χ1) is 15.1. The number of aromatic nitrogens is 3. The average Bonchev–Trinajstić information content (AvgIpc) is 2.70. The van der Waals surface area contributed by atoms with Crippen LogP contribution in [-0.2, 0) is 9.59 Å². The highest BCUT2D eigenvalue weighted by Crippen LogP contribution is 2.30. The van der Waals surface area contributed by atoms with Crippen LogP contribution in [0.2, 0.25) is 0 Å². The van der Waals surface area contributed by atoms with E-state index in [2.05, 4.69) is 25.8 Å². The van der Waals surface area contributed by atoms with Gasteiger partial charge in [-0.05, 0) is 50.6 Å². The second kappa shape index (κ2) is 9.73. The first-order valence-electron chi connectivity index (χ1n) is 9.73. The van der Waals surface area contributed by atoms with Gasteiger partial charge in [-0.2, -0.15) is 0 Å². The Hall–Kier alpha value is -3.53. The van der Waals surface area contributed by atoms with Gasteiger partial charge in [0.2, 0.25) is 11.8 Å². The van der Waals surface area contributed by atoms with E-state index in [0.717, 1.165) is 22.9 Å². The minimum absolute atomic E-state index is 0.0572. The van der Waals surface area contributed by atoms with E-state index in [0.29, 0.717) is 16.9 Å². The zero-order chi connectivity index (χ0) is 23.4. The number of rotatable bonds is 6. The van der Waals surface area contributed by atoms with Crippen LogP contribution in [0.3, 0.4) is 0 Å². The van der Waals surface area contributed by atoms with E-state index in [1.54, 1.807) is 19.1 Å². The van der Waals surface area contributed by atoms with Gasteiger partial charge in [0.15, 0.2) is 10.9 Å². The number of benzene rings is 2. The van der Waals surface area contributed by atoms with E-state index >= 15 is 0 Å². The van der Waals surface area contributed by atoms with Gasteiger partial charge in [-0.25, -0.2) is 4.39 Å². The number of carbonyl (C=O) groups excluding carboxylic acids is 2. The zero-order valence-electron chi connectivity index (χ0n) is 17.9. The standard InChI is InChI=1S/C22H22FN5O3S/c1-11-8-12(2)18(24-14(4)29)17(9-11)19-21(31)26-22(28-27-19)32-13(3)20(30)25-16-7-5-6-15(23)10-16/h5-10,13H,1-4H3,(H,24,29)(H,25,30)(H,26,28,31)/t13-/m1/s1. The molecule has 3 rings (SSSR count). The van der Waals surface area contributed by atoms with Crippen molar-refractivity contribution in [2.75, 3.05) is 10.6 Å². The van der Waals surface area contributed by atoms with E-state index in [4.69, 9.17) is 0 Å². The smallest absolute Gasteiger partial charge is 0.278 e. The molecule has 3 N–H and O–H groups in total. The molecular formula is C22H22FN5O3S. The largest absolute Gasteiger partial charge is 0.325 e. The molecule has 32 heavy (non-hydrogen) atoms. The van der Waals surface area contributed by atoms with Gasteiger partial charge in [-0.15, -0.1) is 10.2 Å². The highest BCUT2D eigenvalue weighted by molar-refractivity contribution is 8.00. The fourth-order valence-corrected chi connectivity index (χ4v) is 3.82. The second-order valence-corrected chi connectivity index (χ2v) is 8.58. The molecule has 166 valence electrons. The van der Waals surface area contributed by atoms with Crippen molar-refractivity contribution in [3.63, 3.8) is 0 Å². The topological polar surface area (TPSA) is 117 Å². The number of hydrogen-bond donors (Lipinski definition) is 3. The number of aromatic amines is 1. The van der Waals surface area contributed by atoms with Crippen LogP contribution in [0, 0.1) is 19.7 Å². The molecule has 3 aromatic rings. The first kappa shape index (κ1) is 23.1. The minimum Gasteiger partial charge on any atom is -0.325 e. The number of aryl methyl sites for hydroxylation is 2. The predicted octanol–water partition coefficient (Wildman–Crippen LogP) is 3.67. The van der Waals surface area contributed by atoms with Crippen molar-refractivity contribution in [3.8, 4) is 11.3 Å². The zero-order valence-corrected chi connectivity index (χ0v) is 18.8. The third-order valence-electron chi connectivity index (χ3n) is 4.46. The summed E-state index contributed by atoms with van der Waals surface area (Å²) in [4.78, 5) is 39.4. The van der Waals surface area contributed by atoms with Crippen molar-refractivity contribution in [2.45, 2.75) is 38.1 Å². The lowest BCUT2D eigenvalue weighted by molar-refractivity contribution is -0.115. The van der Waals surface area contributed by atoms with Crippen molar-refractivity contribution < 1.29 is 14.0 Å². The lowest BCUT2D eigenvalue weighted by Crippen LogP contribution is -2.24. The van der Waals surface area contributed by atoms with Crippen molar-refractivity contribution in [1.82, 2.24) is 15.2 Å². The number of nitrogens with one attached hydrogen (secondary N) is 3. The summed E-state index contributed by atoms with van der Waals surface area (Å²) < 4.78 is 13.3. The van der Waals surface area contributed by atoms with Crippen molar-refractivity contribution in [2.24, 2.45) is 0 Å². The minimum atomic E-state index is -0.634. The Labute approximate surface area is 188 Å². The second-order valence-electron chi connectivity index (χ2n) is 7.25. The highest BCUT2D eigenvalue weighted by Gasteiger charge is 2.19. The van der Waals surface area contributed by atoms with Crippen LogP contribution in [0.1, 0.15) is 25.0 Å². The van der Waals surface area contributed by atoms with Crippen molar-refractivity contribution >= 4 is 35.0 Å². The summed E-state index contributed by atoms with van der Waals surface area (Å²) in [5.41, 5.74) is 2.52. The van der Waals surface area contributed by atoms with Crippen LogP contribution in [0.4, 0.5) is 15.8 Å². The number of halogens is 1. The van der Waals surface area contributed by atoms with E-state index in [9.17, 15) is 18.8 Å². The van der Waals surface area contributed by atoms with Gasteiger partial charge in [0.1, 0.15) is 5.82 Å². The van der Waals surface area contributed by atoms with E-state index in [-0.39, 0.29) is 22.7 Å². The number of anilines is 2. The first-order valence-corrected chi connectivity index (χ1v) is 10.6. The quantitative estimate of drug-likeness (QED) is 0.489. The average molecular weight is 456 g/mol. The summed E-state index contributed by atoms with van der Waals surface area (Å²) >= 11 is 1.01. The van der Waals surface area contributed by atoms with Gasteiger partial charge in [0, 0.05) is 18.2 Å². The maximum atomic E-state index is 13.3. The molecule has 0 aliphatic carbocycles. The summed E-state index contributed by atoms with van der Waals surface area (Å²) in [5, 5.41) is 13.0. The maximum absolute atomic E-state index is 13.3. The normalized spacial score (nSPS) is 11.7. The molecular weight excluding hydrogens is 433 g/mol. The summed E-state index contributed by atoms with van der Waals surface area (Å²) in [6, 6.07) is 9.20. The van der Waals surface area contributed by atoms with Crippen molar-refractivity contribution in [1.29, 1.82) is 0 Å². The molecule has 0 radical (unpaired) electrons. The van der Waals surface area contributed by atoms with Crippen LogP contribution >= 0.6 is 11.8 Å². The summed E-state index contributed by atoms with van der Waals surface area (Å²) in [5.74, 6) is -1.11. The molecule has 0 fully saturated rings. The van der Waals surface area contributed by atoms with Gasteiger partial charge in [-0.1, -0.05) is 29.5 Å². The molecule has 0 aliphatic heterocycles. The SMILES string of the molecule is CC(=O)Nc1c(C)cc(C)cc1-c1nnc(S[C@H](C)C(=O)Nc2cccc(F)c2)[nH]c1=O. The van der Waals surface area contributed by atoms with Crippen LogP contribution in [0.5, 0.6) is 0 Å². The van der Waals surface area contributed by atoms with E-state index < -0.39 is 16.6 Å². The van der Waals surface area contributed by atoms with Gasteiger partial charge >= 0.3 is 0 Å². The van der Waals surface area contributed by atoms with Gasteiger partial charge < -0.3 is 10.6 Å². The van der Waals surface area contributed by atoms with Crippen LogP contribution in [-0.4, -0.2) is 32.2 Å². The van der Waals surface area contributed by atoms with Crippen molar-refractivity contribution in [3.05, 3.63) is 63.7 Å². The van der Waals surface area contributed by atoms with Crippen LogP contribution in [0.15, 0.2) is 46.3 Å². The number of nitrogens with zero attached hydrogens (tertiary/aromatic N) is 2. The number of hydrogen-bond acceptors (Lipinski definition) is 6. The fourth-order valence-electron chi connectivity index (χ4n) is 3.08. The third-order valence-corrected chi connectivity index (χ3v) is 5.44. The van der Waals surface area contributed by atoms with E-state index in [1.807, 2.05) is 19.9 Å². The molecule has 0 saturated heterocycles. The predicted molar refractivity (Wildman–Crippen MR) is 122 cm³/mol. The molecule has 1 heterocycles. The molecule has 0 saturated carbocycles. The molecule has 0 unspecified atom stereocenters. The third kappa shape index (κ3) is 5.58.